The van der Waals surface area contributed by atoms with Crippen molar-refractivity contribution in [2.75, 3.05) is 13.1 Å². The molecule has 21 heavy (non-hydrogen) atoms. The number of nitrogens with one attached hydrogen (secondary N) is 2. The number of piperidine rings is 2. The molecular weight excluding hydrogens is 288 g/mol. The van der Waals surface area contributed by atoms with Crippen LogP contribution >= 0.6 is 11.7 Å². The fourth-order valence-electron chi connectivity index (χ4n) is 4.46. The standard InChI is InChI=1S/C14H20N4O2S/c1-7-3-11(9(1)15-5-7)19-13-14(18-21-17-13)20-12-4-8-2-10(12)16-6-8/h7-12,15-16H,1-6H2/t7-,8-,9+,10+,11+,12+/m0/s1. The van der Waals surface area contributed by atoms with Crippen LogP contribution in [0.3, 0.4) is 0 Å². The molecule has 0 amide bonds. The minimum atomic E-state index is 0.230. The smallest absolute Gasteiger partial charge is 0.291 e. The minimum Gasteiger partial charge on any atom is -0.468 e. The average Bonchev–Trinajstić information content (AvgIpc) is 3.26. The summed E-state index contributed by atoms with van der Waals surface area (Å²) in [6.45, 7) is 2.28. The highest BCUT2D eigenvalue weighted by atomic mass is 32.1. The van der Waals surface area contributed by atoms with Crippen molar-refractivity contribution in [3.05, 3.63) is 0 Å². The molecule has 2 saturated heterocycles. The Balaban J connectivity index is 1.27. The first-order valence-corrected chi connectivity index (χ1v) is 8.71. The normalized spacial score (nSPS) is 43.6. The molecule has 2 aliphatic carbocycles. The first-order valence-electron chi connectivity index (χ1n) is 7.98. The second-order valence-corrected chi connectivity index (χ2v) is 7.42. The molecule has 1 aromatic rings. The van der Waals surface area contributed by atoms with Crippen LogP contribution in [0.4, 0.5) is 0 Å². The molecule has 2 N–H and O–H groups in total. The first-order chi connectivity index (χ1) is 10.3. The van der Waals surface area contributed by atoms with Crippen molar-refractivity contribution >= 4 is 11.7 Å². The van der Waals surface area contributed by atoms with Crippen molar-refractivity contribution in [1.29, 1.82) is 0 Å². The summed E-state index contributed by atoms with van der Waals surface area (Å²) in [6.07, 6.45) is 5.18. The lowest BCUT2D eigenvalue weighted by atomic mass is 10.1. The lowest BCUT2D eigenvalue weighted by Gasteiger charge is -2.25. The van der Waals surface area contributed by atoms with Crippen LogP contribution in [0.1, 0.15) is 25.7 Å². The predicted octanol–water partition coefficient (Wildman–Crippen LogP) is 0.796. The van der Waals surface area contributed by atoms with Gasteiger partial charge < -0.3 is 20.1 Å². The van der Waals surface area contributed by atoms with Crippen LogP contribution in [-0.2, 0) is 0 Å². The van der Waals surface area contributed by atoms with Gasteiger partial charge in [0.05, 0.1) is 11.7 Å². The van der Waals surface area contributed by atoms with E-state index >= 15 is 0 Å². The van der Waals surface area contributed by atoms with E-state index in [0.29, 0.717) is 23.8 Å². The summed E-state index contributed by atoms with van der Waals surface area (Å²) >= 11 is 1.18. The third-order valence-corrected chi connectivity index (χ3v) is 5.99. The Kier molecular flexibility index (Phi) is 2.88. The molecule has 4 fully saturated rings. The fraction of sp³-hybridized carbons (Fsp3) is 0.857. The predicted molar refractivity (Wildman–Crippen MR) is 77.8 cm³/mol. The summed E-state index contributed by atoms with van der Waals surface area (Å²) in [5, 5.41) is 7.03. The van der Waals surface area contributed by atoms with E-state index in [2.05, 4.69) is 19.4 Å². The summed E-state index contributed by atoms with van der Waals surface area (Å²) in [6, 6.07) is 0.961. The number of nitrogens with zero attached hydrogens (tertiary/aromatic N) is 2. The molecule has 6 atom stereocenters. The van der Waals surface area contributed by atoms with Gasteiger partial charge in [0.15, 0.2) is 0 Å². The molecule has 2 aliphatic heterocycles. The van der Waals surface area contributed by atoms with Gasteiger partial charge in [0.2, 0.25) is 0 Å². The zero-order valence-corrected chi connectivity index (χ0v) is 12.6. The molecule has 0 aromatic carbocycles. The van der Waals surface area contributed by atoms with E-state index in [1.807, 2.05) is 0 Å². The highest BCUT2D eigenvalue weighted by Gasteiger charge is 2.43. The number of fused-ring (bicyclic) bond motifs is 4. The highest BCUT2D eigenvalue weighted by Crippen LogP contribution is 2.38. The molecule has 0 unspecified atom stereocenters. The SMILES string of the molecule is C1N[C@@H]2C[C@H]1C[C@H]2Oc1nsnc1O[C@@H]1C[C@H]2CN[C@@H]1C2. The van der Waals surface area contributed by atoms with Crippen molar-refractivity contribution in [3.8, 4) is 11.8 Å². The van der Waals surface area contributed by atoms with E-state index < -0.39 is 0 Å². The first kappa shape index (κ1) is 12.6. The van der Waals surface area contributed by atoms with E-state index in [1.54, 1.807) is 0 Å². The molecule has 4 bridgehead atoms. The topological polar surface area (TPSA) is 68.3 Å². The quantitative estimate of drug-likeness (QED) is 0.857. The van der Waals surface area contributed by atoms with Gasteiger partial charge in [0.25, 0.3) is 11.8 Å². The third kappa shape index (κ3) is 2.13. The molecule has 1 aromatic heterocycles. The molecule has 3 heterocycles. The van der Waals surface area contributed by atoms with E-state index in [0.717, 1.165) is 37.8 Å². The van der Waals surface area contributed by atoms with Crippen molar-refractivity contribution in [3.63, 3.8) is 0 Å². The molecule has 0 spiro atoms. The van der Waals surface area contributed by atoms with Crippen LogP contribution in [0.5, 0.6) is 11.8 Å². The number of hydrogen-bond donors (Lipinski definition) is 2. The Bertz CT molecular complexity index is 494. The number of aromatic nitrogens is 2. The van der Waals surface area contributed by atoms with Gasteiger partial charge in [-0.05, 0) is 50.6 Å². The third-order valence-electron chi connectivity index (χ3n) is 5.50. The molecule has 114 valence electrons. The van der Waals surface area contributed by atoms with Gasteiger partial charge in [-0.15, -0.1) is 8.75 Å². The second-order valence-electron chi connectivity index (χ2n) is 6.89. The van der Waals surface area contributed by atoms with Gasteiger partial charge in [-0.2, -0.15) is 0 Å². The summed E-state index contributed by atoms with van der Waals surface area (Å²) < 4.78 is 20.8. The van der Waals surface area contributed by atoms with E-state index in [9.17, 15) is 0 Å². The lowest BCUT2D eigenvalue weighted by molar-refractivity contribution is 0.120. The average molecular weight is 308 g/mol. The van der Waals surface area contributed by atoms with Gasteiger partial charge in [0, 0.05) is 12.1 Å². The Morgan fingerprint density at radius 2 is 1.33 bits per heavy atom. The number of rotatable bonds is 4. The maximum atomic E-state index is 6.10. The molecule has 6 nitrogen and oxygen atoms in total. The molecule has 2 saturated carbocycles. The van der Waals surface area contributed by atoms with Crippen LogP contribution in [0.15, 0.2) is 0 Å². The van der Waals surface area contributed by atoms with Crippen LogP contribution < -0.4 is 20.1 Å². The van der Waals surface area contributed by atoms with Crippen molar-refractivity contribution in [1.82, 2.24) is 19.4 Å². The molecular formula is C14H20N4O2S. The zero-order valence-electron chi connectivity index (χ0n) is 11.8. The molecule has 0 radical (unpaired) electrons. The Hall–Kier alpha value is -0.920. The van der Waals surface area contributed by atoms with Gasteiger partial charge in [-0.25, -0.2) is 0 Å². The minimum absolute atomic E-state index is 0.230. The van der Waals surface area contributed by atoms with Crippen molar-refractivity contribution in [2.24, 2.45) is 11.8 Å². The fourth-order valence-corrected chi connectivity index (χ4v) is 4.89. The summed E-state index contributed by atoms with van der Waals surface area (Å²) in [4.78, 5) is 0. The van der Waals surface area contributed by atoms with Gasteiger partial charge in [-0.1, -0.05) is 0 Å². The summed E-state index contributed by atoms with van der Waals surface area (Å²) in [5.74, 6) is 2.74. The van der Waals surface area contributed by atoms with Gasteiger partial charge in [0.1, 0.15) is 12.2 Å². The van der Waals surface area contributed by atoms with Crippen LogP contribution in [0.2, 0.25) is 0 Å². The monoisotopic (exact) mass is 308 g/mol. The zero-order chi connectivity index (χ0) is 13.8. The van der Waals surface area contributed by atoms with Crippen LogP contribution in [-0.4, -0.2) is 46.1 Å². The van der Waals surface area contributed by atoms with Crippen molar-refractivity contribution in [2.45, 2.75) is 50.0 Å². The van der Waals surface area contributed by atoms with E-state index in [-0.39, 0.29) is 12.2 Å². The van der Waals surface area contributed by atoms with Crippen LogP contribution in [0, 0.1) is 11.8 Å². The number of ether oxygens (including phenoxy) is 2. The van der Waals surface area contributed by atoms with E-state index in [1.165, 1.54) is 24.6 Å². The Morgan fingerprint density at radius 1 is 0.810 bits per heavy atom. The summed E-state index contributed by atoms with van der Waals surface area (Å²) in [5.41, 5.74) is 0. The summed E-state index contributed by atoms with van der Waals surface area (Å²) in [7, 11) is 0. The number of hydrogen-bond acceptors (Lipinski definition) is 7. The van der Waals surface area contributed by atoms with Crippen LogP contribution in [0.25, 0.3) is 0 Å². The largest absolute Gasteiger partial charge is 0.468 e. The van der Waals surface area contributed by atoms with Gasteiger partial charge in [-0.3, -0.25) is 0 Å². The lowest BCUT2D eigenvalue weighted by Crippen LogP contribution is -2.41. The molecule has 4 aliphatic rings. The Labute approximate surface area is 127 Å². The van der Waals surface area contributed by atoms with E-state index in [4.69, 9.17) is 9.47 Å². The Morgan fingerprint density at radius 3 is 1.71 bits per heavy atom. The maximum Gasteiger partial charge on any atom is 0.291 e. The highest BCUT2D eigenvalue weighted by molar-refractivity contribution is 6.99. The van der Waals surface area contributed by atoms with Gasteiger partial charge >= 0.3 is 0 Å². The maximum absolute atomic E-state index is 6.10. The second kappa shape index (κ2) is 4.79. The molecule has 5 rings (SSSR count). The molecule has 7 heteroatoms. The van der Waals surface area contributed by atoms with Crippen molar-refractivity contribution < 1.29 is 9.47 Å².